The molecule has 21 heavy (non-hydrogen) atoms. The number of rotatable bonds is 6. The van der Waals surface area contributed by atoms with E-state index in [1.807, 2.05) is 0 Å². The Morgan fingerprint density at radius 3 is 2.67 bits per heavy atom. The van der Waals surface area contributed by atoms with Gasteiger partial charge in [0.25, 0.3) is 0 Å². The monoisotopic (exact) mass is 314 g/mol. The summed E-state index contributed by atoms with van der Waals surface area (Å²) in [7, 11) is -3.57. The van der Waals surface area contributed by atoms with Gasteiger partial charge < -0.3 is 14.8 Å². The van der Waals surface area contributed by atoms with E-state index in [1.54, 1.807) is 25.1 Å². The predicted octanol–water partition coefficient (Wildman–Crippen LogP) is 0.707. The van der Waals surface area contributed by atoms with Gasteiger partial charge in [-0.15, -0.1) is 0 Å². The molecule has 0 saturated heterocycles. The van der Waals surface area contributed by atoms with Crippen molar-refractivity contribution in [2.75, 3.05) is 29.9 Å². The van der Waals surface area contributed by atoms with E-state index in [1.165, 1.54) is 6.92 Å². The molecule has 0 aliphatic carbocycles. The van der Waals surface area contributed by atoms with Crippen LogP contribution >= 0.6 is 0 Å². The van der Waals surface area contributed by atoms with Crippen LogP contribution < -0.4 is 19.1 Å². The fourth-order valence-electron chi connectivity index (χ4n) is 1.93. The molecule has 1 N–H and O–H groups in total. The molecule has 0 aromatic heterocycles. The lowest BCUT2D eigenvalue weighted by atomic mass is 10.3. The standard InChI is InChI=1S/C13H18N2O5S/c1-3-14-13(16)8-15(21(17,18)4-2)10-5-6-11-12(7-10)20-9-19-11/h5-7H,3-4,8-9H2,1-2H3,(H,14,16). The van der Waals surface area contributed by atoms with Crippen LogP contribution in [0.25, 0.3) is 0 Å². The van der Waals surface area contributed by atoms with Crippen molar-refractivity contribution < 1.29 is 22.7 Å². The summed E-state index contributed by atoms with van der Waals surface area (Å²) in [6, 6.07) is 4.79. The van der Waals surface area contributed by atoms with Crippen LogP contribution in [0, 0.1) is 0 Å². The number of hydrogen-bond acceptors (Lipinski definition) is 5. The normalized spacial score (nSPS) is 13.0. The number of likely N-dealkylation sites (N-methyl/N-ethyl adjacent to an activating group) is 1. The third kappa shape index (κ3) is 3.38. The summed E-state index contributed by atoms with van der Waals surface area (Å²) in [5.41, 5.74) is 0.382. The van der Waals surface area contributed by atoms with Crippen molar-refractivity contribution in [1.29, 1.82) is 0 Å². The first kappa shape index (κ1) is 15.4. The van der Waals surface area contributed by atoms with Crippen LogP contribution in [0.2, 0.25) is 0 Å². The van der Waals surface area contributed by atoms with Gasteiger partial charge in [0.2, 0.25) is 22.7 Å². The second kappa shape index (κ2) is 6.21. The van der Waals surface area contributed by atoms with Crippen molar-refractivity contribution in [3.63, 3.8) is 0 Å². The van der Waals surface area contributed by atoms with Gasteiger partial charge in [0.1, 0.15) is 6.54 Å². The van der Waals surface area contributed by atoms with E-state index in [2.05, 4.69) is 5.32 Å². The van der Waals surface area contributed by atoms with Crippen molar-refractivity contribution in [2.45, 2.75) is 13.8 Å². The average Bonchev–Trinajstić information content (AvgIpc) is 2.92. The third-order valence-electron chi connectivity index (χ3n) is 3.01. The maximum atomic E-state index is 12.2. The first-order valence-electron chi connectivity index (χ1n) is 6.64. The molecule has 0 saturated carbocycles. The number of hydrogen-bond donors (Lipinski definition) is 1. The molecule has 116 valence electrons. The van der Waals surface area contributed by atoms with E-state index < -0.39 is 10.0 Å². The number of carbonyl (C=O) groups is 1. The Balaban J connectivity index is 2.33. The highest BCUT2D eigenvalue weighted by Crippen LogP contribution is 2.36. The van der Waals surface area contributed by atoms with Crippen molar-refractivity contribution in [3.05, 3.63) is 18.2 Å². The summed E-state index contributed by atoms with van der Waals surface area (Å²) in [5.74, 6) is 0.582. The smallest absolute Gasteiger partial charge is 0.240 e. The number of fused-ring (bicyclic) bond motifs is 1. The van der Waals surface area contributed by atoms with Crippen molar-refractivity contribution in [1.82, 2.24) is 5.32 Å². The Bertz CT molecular complexity index is 629. The summed E-state index contributed by atoms with van der Waals surface area (Å²) >= 11 is 0. The molecule has 0 atom stereocenters. The molecular weight excluding hydrogens is 296 g/mol. The van der Waals surface area contributed by atoms with Gasteiger partial charge in [0.15, 0.2) is 11.5 Å². The number of carbonyl (C=O) groups excluding carboxylic acids is 1. The number of nitrogens with zero attached hydrogens (tertiary/aromatic N) is 1. The molecule has 1 aromatic carbocycles. The van der Waals surface area contributed by atoms with Gasteiger partial charge >= 0.3 is 0 Å². The first-order chi connectivity index (χ1) is 9.97. The maximum Gasteiger partial charge on any atom is 0.240 e. The van der Waals surface area contributed by atoms with E-state index in [9.17, 15) is 13.2 Å². The van der Waals surface area contributed by atoms with Crippen molar-refractivity contribution >= 4 is 21.6 Å². The van der Waals surface area contributed by atoms with Crippen molar-refractivity contribution in [2.24, 2.45) is 0 Å². The summed E-state index contributed by atoms with van der Waals surface area (Å²) < 4.78 is 35.9. The van der Waals surface area contributed by atoms with Gasteiger partial charge in [-0.05, 0) is 26.0 Å². The highest BCUT2D eigenvalue weighted by atomic mass is 32.2. The molecule has 7 nitrogen and oxygen atoms in total. The van der Waals surface area contributed by atoms with Gasteiger partial charge in [0, 0.05) is 12.6 Å². The molecule has 2 rings (SSSR count). The average molecular weight is 314 g/mol. The Morgan fingerprint density at radius 1 is 1.29 bits per heavy atom. The molecule has 8 heteroatoms. The summed E-state index contributed by atoms with van der Waals surface area (Å²) in [6.07, 6.45) is 0. The fraction of sp³-hybridized carbons (Fsp3) is 0.462. The Hall–Kier alpha value is -1.96. The molecule has 1 aliphatic heterocycles. The minimum Gasteiger partial charge on any atom is -0.454 e. The van der Waals surface area contributed by atoms with E-state index in [-0.39, 0.29) is 25.0 Å². The molecule has 0 bridgehead atoms. The Morgan fingerprint density at radius 2 is 2.00 bits per heavy atom. The predicted molar refractivity (Wildman–Crippen MR) is 78.1 cm³/mol. The number of amides is 1. The van der Waals surface area contributed by atoms with Crippen LogP contribution in [0.1, 0.15) is 13.8 Å². The molecule has 0 fully saturated rings. The first-order valence-corrected chi connectivity index (χ1v) is 8.25. The largest absolute Gasteiger partial charge is 0.454 e. The lowest BCUT2D eigenvalue weighted by Gasteiger charge is -2.23. The maximum absolute atomic E-state index is 12.2. The van der Waals surface area contributed by atoms with E-state index >= 15 is 0 Å². The van der Waals surface area contributed by atoms with Gasteiger partial charge in [-0.25, -0.2) is 8.42 Å². The lowest BCUT2D eigenvalue weighted by molar-refractivity contribution is -0.119. The van der Waals surface area contributed by atoms with Gasteiger partial charge in [-0.2, -0.15) is 0 Å². The van der Waals surface area contributed by atoms with Gasteiger partial charge in [0.05, 0.1) is 11.4 Å². The molecule has 0 radical (unpaired) electrons. The zero-order valence-electron chi connectivity index (χ0n) is 12.0. The number of anilines is 1. The van der Waals surface area contributed by atoms with Crippen LogP contribution in [-0.4, -0.2) is 40.0 Å². The van der Waals surface area contributed by atoms with Gasteiger partial charge in [-0.3, -0.25) is 9.10 Å². The molecule has 1 aromatic rings. The molecular formula is C13H18N2O5S. The summed E-state index contributed by atoms with van der Waals surface area (Å²) in [4.78, 5) is 11.7. The molecule has 1 amide bonds. The van der Waals surface area contributed by atoms with Crippen LogP contribution in [0.15, 0.2) is 18.2 Å². The minimum atomic E-state index is -3.57. The SMILES string of the molecule is CCNC(=O)CN(c1ccc2c(c1)OCO2)S(=O)(=O)CC. The van der Waals surface area contributed by atoms with Crippen LogP contribution in [0.5, 0.6) is 11.5 Å². The fourth-order valence-corrected chi connectivity index (χ4v) is 2.99. The number of nitrogens with one attached hydrogen (secondary N) is 1. The highest BCUT2D eigenvalue weighted by Gasteiger charge is 2.25. The van der Waals surface area contributed by atoms with E-state index in [0.29, 0.717) is 23.7 Å². The second-order valence-corrected chi connectivity index (χ2v) is 6.58. The molecule has 1 aliphatic rings. The van der Waals surface area contributed by atoms with Gasteiger partial charge in [-0.1, -0.05) is 0 Å². The zero-order valence-corrected chi connectivity index (χ0v) is 12.8. The molecule has 1 heterocycles. The number of ether oxygens (including phenoxy) is 2. The summed E-state index contributed by atoms with van der Waals surface area (Å²) in [6.45, 7) is 3.60. The topological polar surface area (TPSA) is 84.9 Å². The number of benzene rings is 1. The van der Waals surface area contributed by atoms with E-state index in [4.69, 9.17) is 9.47 Å². The third-order valence-corrected chi connectivity index (χ3v) is 4.75. The van der Waals surface area contributed by atoms with E-state index in [0.717, 1.165) is 4.31 Å². The summed E-state index contributed by atoms with van der Waals surface area (Å²) in [5, 5.41) is 2.59. The quantitative estimate of drug-likeness (QED) is 0.836. The zero-order chi connectivity index (χ0) is 15.5. The van der Waals surface area contributed by atoms with Crippen molar-refractivity contribution in [3.8, 4) is 11.5 Å². The molecule has 0 spiro atoms. The molecule has 0 unspecified atom stereocenters. The number of sulfonamides is 1. The van der Waals surface area contributed by atoms with Crippen LogP contribution in [-0.2, 0) is 14.8 Å². The Kier molecular flexibility index (Phi) is 4.56. The Labute approximate surface area is 123 Å². The minimum absolute atomic E-state index is 0.0964. The lowest BCUT2D eigenvalue weighted by Crippen LogP contribution is -2.41. The second-order valence-electron chi connectivity index (χ2n) is 4.40. The highest BCUT2D eigenvalue weighted by molar-refractivity contribution is 7.92. The van der Waals surface area contributed by atoms with Crippen LogP contribution in [0.4, 0.5) is 5.69 Å². The van der Waals surface area contributed by atoms with Crippen LogP contribution in [0.3, 0.4) is 0 Å².